The first kappa shape index (κ1) is 19.9. The lowest BCUT2D eigenvalue weighted by Gasteiger charge is -2.32. The number of hydrogen-bond acceptors (Lipinski definition) is 3. The van der Waals surface area contributed by atoms with Gasteiger partial charge in [0.2, 0.25) is 5.82 Å². The molecular formula is C18H19F5O4. The molecule has 0 unspecified atom stereocenters. The number of carbonyl (C=O) groups is 1. The molecule has 0 amide bonds. The minimum absolute atomic E-state index is 0.131. The van der Waals surface area contributed by atoms with E-state index in [1.54, 1.807) is 0 Å². The Morgan fingerprint density at radius 2 is 1.93 bits per heavy atom. The van der Waals surface area contributed by atoms with Gasteiger partial charge in [-0.25, -0.2) is 9.18 Å². The third-order valence-electron chi connectivity index (χ3n) is 5.69. The lowest BCUT2D eigenvalue weighted by molar-refractivity contribution is -0.273. The molecular weight excluding hydrogens is 375 g/mol. The van der Waals surface area contributed by atoms with Gasteiger partial charge in [-0.05, 0) is 32.3 Å². The van der Waals surface area contributed by atoms with Gasteiger partial charge in [-0.3, -0.25) is 0 Å². The molecule has 1 aliphatic carbocycles. The maximum atomic E-state index is 14.4. The Morgan fingerprint density at radius 1 is 1.30 bits per heavy atom. The summed E-state index contributed by atoms with van der Waals surface area (Å²) >= 11 is 0. The van der Waals surface area contributed by atoms with Crippen molar-refractivity contribution in [2.24, 2.45) is 5.92 Å². The number of carboxylic acids is 1. The lowest BCUT2D eigenvalue weighted by atomic mass is 9.77. The van der Waals surface area contributed by atoms with E-state index in [4.69, 9.17) is 9.47 Å². The van der Waals surface area contributed by atoms with Crippen molar-refractivity contribution in [2.75, 3.05) is 0 Å². The normalized spacial score (nSPS) is 31.6. The van der Waals surface area contributed by atoms with Crippen LogP contribution in [0.2, 0.25) is 0 Å². The molecule has 2 fully saturated rings. The van der Waals surface area contributed by atoms with Gasteiger partial charge in [0.05, 0.1) is 6.10 Å². The molecule has 27 heavy (non-hydrogen) atoms. The SMILES string of the molecule is C[C@H]1[C@@H](c2ccc(F)c(F)c2OC2CCC2)[C@H](C(=O)O)O[C@@]1(C)C(F)(F)F. The minimum atomic E-state index is -4.84. The molecule has 1 aliphatic heterocycles. The van der Waals surface area contributed by atoms with Crippen molar-refractivity contribution in [1.82, 2.24) is 0 Å². The minimum Gasteiger partial charge on any atom is -0.487 e. The van der Waals surface area contributed by atoms with Crippen molar-refractivity contribution in [2.45, 2.75) is 63.0 Å². The van der Waals surface area contributed by atoms with Crippen LogP contribution in [-0.4, -0.2) is 35.1 Å². The zero-order valence-corrected chi connectivity index (χ0v) is 14.6. The number of benzene rings is 1. The summed E-state index contributed by atoms with van der Waals surface area (Å²) in [6.45, 7) is 1.95. The summed E-state index contributed by atoms with van der Waals surface area (Å²) in [6, 6.07) is 1.84. The van der Waals surface area contributed by atoms with Crippen molar-refractivity contribution in [3.8, 4) is 5.75 Å². The molecule has 0 bridgehead atoms. The van der Waals surface area contributed by atoms with Gasteiger partial charge >= 0.3 is 12.1 Å². The first-order valence-corrected chi connectivity index (χ1v) is 8.59. The molecule has 1 aromatic carbocycles. The van der Waals surface area contributed by atoms with Gasteiger partial charge < -0.3 is 14.6 Å². The van der Waals surface area contributed by atoms with Crippen LogP contribution >= 0.6 is 0 Å². The quantitative estimate of drug-likeness (QED) is 0.769. The molecule has 0 radical (unpaired) electrons. The summed E-state index contributed by atoms with van der Waals surface area (Å²) < 4.78 is 79.2. The summed E-state index contributed by atoms with van der Waals surface area (Å²) in [6.07, 6.45) is -5.05. The van der Waals surface area contributed by atoms with E-state index in [1.165, 1.54) is 6.92 Å². The monoisotopic (exact) mass is 394 g/mol. The predicted molar refractivity (Wildman–Crippen MR) is 83.5 cm³/mol. The highest BCUT2D eigenvalue weighted by atomic mass is 19.4. The number of ether oxygens (including phenoxy) is 2. The molecule has 1 N–H and O–H groups in total. The number of rotatable bonds is 4. The number of carboxylic acid groups (broad SMARTS) is 1. The van der Waals surface area contributed by atoms with Crippen molar-refractivity contribution in [1.29, 1.82) is 0 Å². The van der Waals surface area contributed by atoms with Gasteiger partial charge in [0.1, 0.15) is 0 Å². The van der Waals surface area contributed by atoms with Crippen LogP contribution in [-0.2, 0) is 9.53 Å². The zero-order valence-electron chi connectivity index (χ0n) is 14.6. The van der Waals surface area contributed by atoms with Gasteiger partial charge in [-0.1, -0.05) is 13.0 Å². The number of hydrogen-bond donors (Lipinski definition) is 1. The molecule has 3 rings (SSSR count). The summed E-state index contributed by atoms with van der Waals surface area (Å²) in [5.74, 6) is -7.43. The van der Waals surface area contributed by atoms with Gasteiger partial charge in [0, 0.05) is 17.4 Å². The zero-order chi connectivity index (χ0) is 20.1. The van der Waals surface area contributed by atoms with Crippen LogP contribution in [0.5, 0.6) is 5.75 Å². The summed E-state index contributed by atoms with van der Waals surface area (Å²) in [7, 11) is 0. The molecule has 1 heterocycles. The first-order valence-electron chi connectivity index (χ1n) is 8.59. The fourth-order valence-electron chi connectivity index (χ4n) is 3.60. The molecule has 9 heteroatoms. The molecule has 150 valence electrons. The van der Waals surface area contributed by atoms with E-state index in [-0.39, 0.29) is 11.7 Å². The lowest BCUT2D eigenvalue weighted by Crippen LogP contribution is -2.47. The Morgan fingerprint density at radius 3 is 2.41 bits per heavy atom. The first-order chi connectivity index (χ1) is 12.5. The van der Waals surface area contributed by atoms with Crippen LogP contribution in [0, 0.1) is 17.6 Å². The molecule has 2 aliphatic rings. The Bertz CT molecular complexity index is 746. The van der Waals surface area contributed by atoms with Gasteiger partial charge in [0.25, 0.3) is 0 Å². The maximum absolute atomic E-state index is 14.4. The molecule has 1 saturated carbocycles. The van der Waals surface area contributed by atoms with Crippen molar-refractivity contribution >= 4 is 5.97 Å². The predicted octanol–water partition coefficient (Wildman–Crippen LogP) is 4.42. The van der Waals surface area contributed by atoms with Gasteiger partial charge in [0.15, 0.2) is 23.3 Å². The Balaban J connectivity index is 2.10. The second-order valence-corrected chi connectivity index (χ2v) is 7.25. The fourth-order valence-corrected chi connectivity index (χ4v) is 3.60. The number of alkyl halides is 3. The van der Waals surface area contributed by atoms with Crippen LogP contribution in [0.1, 0.15) is 44.6 Å². The molecule has 4 nitrogen and oxygen atoms in total. The molecule has 0 aromatic heterocycles. The fraction of sp³-hybridized carbons (Fsp3) is 0.611. The van der Waals surface area contributed by atoms with Gasteiger partial charge in [-0.2, -0.15) is 17.6 Å². The topological polar surface area (TPSA) is 55.8 Å². The van der Waals surface area contributed by atoms with E-state index >= 15 is 0 Å². The second kappa shape index (κ2) is 6.61. The van der Waals surface area contributed by atoms with Crippen LogP contribution in [0.3, 0.4) is 0 Å². The van der Waals surface area contributed by atoms with Gasteiger partial charge in [-0.15, -0.1) is 0 Å². The Kier molecular flexibility index (Phi) is 4.86. The second-order valence-electron chi connectivity index (χ2n) is 7.25. The maximum Gasteiger partial charge on any atom is 0.417 e. The highest BCUT2D eigenvalue weighted by molar-refractivity contribution is 5.75. The van der Waals surface area contributed by atoms with E-state index in [2.05, 4.69) is 0 Å². The molecule has 0 spiro atoms. The highest BCUT2D eigenvalue weighted by Gasteiger charge is 2.66. The number of aliphatic carboxylic acids is 1. The Labute approximate surface area is 152 Å². The molecule has 1 saturated heterocycles. The summed E-state index contributed by atoms with van der Waals surface area (Å²) in [5.41, 5.74) is -2.88. The van der Waals surface area contributed by atoms with E-state index in [9.17, 15) is 31.9 Å². The smallest absolute Gasteiger partial charge is 0.417 e. The van der Waals surface area contributed by atoms with Crippen LogP contribution in [0.4, 0.5) is 22.0 Å². The van der Waals surface area contributed by atoms with Crippen molar-refractivity contribution in [3.05, 3.63) is 29.3 Å². The van der Waals surface area contributed by atoms with Crippen molar-refractivity contribution in [3.63, 3.8) is 0 Å². The largest absolute Gasteiger partial charge is 0.487 e. The highest BCUT2D eigenvalue weighted by Crippen LogP contribution is 2.55. The van der Waals surface area contributed by atoms with E-state index in [0.717, 1.165) is 25.5 Å². The summed E-state index contributed by atoms with van der Waals surface area (Å²) in [4.78, 5) is 11.6. The van der Waals surface area contributed by atoms with E-state index in [0.29, 0.717) is 12.8 Å². The standard InChI is InChI=1S/C18H19F5O4/c1-8-12(15(16(24)25)27-17(8,2)18(21,22)23)10-6-7-11(19)13(20)14(10)26-9-4-3-5-9/h6-9,12,15H,3-5H2,1-2H3,(H,24,25)/t8-,12-,15+,17+/m0/s1. The van der Waals surface area contributed by atoms with Crippen LogP contribution in [0.25, 0.3) is 0 Å². The van der Waals surface area contributed by atoms with Crippen molar-refractivity contribution < 1.29 is 41.3 Å². The third kappa shape index (κ3) is 3.15. The van der Waals surface area contributed by atoms with Crippen LogP contribution < -0.4 is 4.74 Å². The third-order valence-corrected chi connectivity index (χ3v) is 5.69. The average Bonchev–Trinajstić information content (AvgIpc) is 2.80. The van der Waals surface area contributed by atoms with Crippen LogP contribution in [0.15, 0.2) is 12.1 Å². The summed E-state index contributed by atoms with van der Waals surface area (Å²) in [5, 5.41) is 9.41. The van der Waals surface area contributed by atoms with E-state index < -0.39 is 53.1 Å². The number of halogens is 5. The average molecular weight is 394 g/mol. The Hall–Kier alpha value is -1.90. The molecule has 4 atom stereocenters. The molecule has 1 aromatic rings. The van der Waals surface area contributed by atoms with E-state index in [1.807, 2.05) is 0 Å².